The summed E-state index contributed by atoms with van der Waals surface area (Å²) in [6, 6.07) is 7.21. The highest BCUT2D eigenvalue weighted by molar-refractivity contribution is 5.86. The topological polar surface area (TPSA) is 90.7 Å². The summed E-state index contributed by atoms with van der Waals surface area (Å²) in [5.41, 5.74) is 5.64. The van der Waals surface area contributed by atoms with Crippen LogP contribution in [-0.2, 0) is 14.9 Å². The summed E-state index contributed by atoms with van der Waals surface area (Å²) >= 11 is 0. The van der Waals surface area contributed by atoms with E-state index < -0.39 is 17.1 Å². The Hall–Kier alpha value is -2.57. The Morgan fingerprint density at radius 3 is 2.31 bits per heavy atom. The second kappa shape index (κ2) is 9.76. The van der Waals surface area contributed by atoms with Crippen molar-refractivity contribution in [1.82, 2.24) is 5.32 Å². The lowest BCUT2D eigenvalue weighted by atomic mass is 9.69. The summed E-state index contributed by atoms with van der Waals surface area (Å²) in [5, 5.41) is 2.50. The van der Waals surface area contributed by atoms with Crippen molar-refractivity contribution in [3.05, 3.63) is 41.7 Å². The van der Waals surface area contributed by atoms with Crippen molar-refractivity contribution in [3.63, 3.8) is 0 Å². The molecule has 1 fully saturated rings. The third kappa shape index (κ3) is 6.48. The van der Waals surface area contributed by atoms with Crippen molar-refractivity contribution < 1.29 is 23.5 Å². The average molecular weight is 406 g/mol. The number of hydrogen-bond acceptors (Lipinski definition) is 4. The van der Waals surface area contributed by atoms with Gasteiger partial charge in [-0.05, 0) is 51.3 Å². The van der Waals surface area contributed by atoms with Gasteiger partial charge in [0.15, 0.2) is 0 Å². The molecule has 0 radical (unpaired) electrons. The maximum atomic E-state index is 13.1. The molecule has 1 aromatic rings. The summed E-state index contributed by atoms with van der Waals surface area (Å²) in [6.07, 6.45) is 4.39. The minimum absolute atomic E-state index is 0.0196. The predicted molar refractivity (Wildman–Crippen MR) is 109 cm³/mol. The maximum absolute atomic E-state index is 13.1. The highest BCUT2D eigenvalue weighted by Gasteiger charge is 2.39. The van der Waals surface area contributed by atoms with Gasteiger partial charge in [0, 0.05) is 12.1 Å². The maximum Gasteiger partial charge on any atom is 0.407 e. The molecule has 0 bridgehead atoms. The molecule has 3 N–H and O–H groups in total. The van der Waals surface area contributed by atoms with Crippen molar-refractivity contribution >= 4 is 12.0 Å². The Morgan fingerprint density at radius 1 is 1.17 bits per heavy atom. The van der Waals surface area contributed by atoms with E-state index in [2.05, 4.69) is 5.32 Å². The number of rotatable bonds is 7. The Bertz CT molecular complexity index is 732. The Balaban J connectivity index is 1.92. The lowest BCUT2D eigenvalue weighted by Gasteiger charge is -2.34. The fraction of sp³-hybridized carbons (Fsp3) is 0.545. The monoisotopic (exact) mass is 406 g/mol. The quantitative estimate of drug-likeness (QED) is 0.712. The van der Waals surface area contributed by atoms with Gasteiger partial charge < -0.3 is 20.5 Å². The number of alkyl carbamates (subject to hydrolysis) is 1. The number of benzene rings is 1. The van der Waals surface area contributed by atoms with Crippen LogP contribution in [0.3, 0.4) is 0 Å². The zero-order chi connectivity index (χ0) is 21.5. The lowest BCUT2D eigenvalue weighted by molar-refractivity contribution is -0.124. The van der Waals surface area contributed by atoms with E-state index in [9.17, 15) is 14.0 Å². The second-order valence-corrected chi connectivity index (χ2v) is 8.44. The van der Waals surface area contributed by atoms with Crippen molar-refractivity contribution in [2.24, 2.45) is 5.73 Å². The first-order valence-corrected chi connectivity index (χ1v) is 9.94. The minimum Gasteiger partial charge on any atom is -0.489 e. The van der Waals surface area contributed by atoms with Gasteiger partial charge in [0.2, 0.25) is 5.91 Å². The standard InChI is InChI=1S/C22H31FN2O4/c1-21(2,3)29-20(27)25-14-16(13-23)15-28-18-9-7-17(8-10-18)22(19(24)26)11-5-4-6-12-22/h7-10,13H,4-6,11-12,14-15H2,1-3H3,(H2,24,26)(H,25,27)/b16-13+. The first-order chi connectivity index (χ1) is 13.7. The zero-order valence-corrected chi connectivity index (χ0v) is 17.4. The molecular formula is C22H31FN2O4. The molecule has 0 unspecified atom stereocenters. The van der Waals surface area contributed by atoms with Gasteiger partial charge in [-0.25, -0.2) is 9.18 Å². The van der Waals surface area contributed by atoms with E-state index in [4.69, 9.17) is 15.2 Å². The fourth-order valence-electron chi connectivity index (χ4n) is 3.50. The third-order valence-electron chi connectivity index (χ3n) is 5.02. The summed E-state index contributed by atoms with van der Waals surface area (Å²) in [4.78, 5) is 23.8. The van der Waals surface area contributed by atoms with E-state index in [-0.39, 0.29) is 24.6 Å². The zero-order valence-electron chi connectivity index (χ0n) is 17.4. The molecule has 0 atom stereocenters. The molecule has 160 valence electrons. The van der Waals surface area contributed by atoms with Crippen LogP contribution in [0.4, 0.5) is 9.18 Å². The van der Waals surface area contributed by atoms with E-state index >= 15 is 0 Å². The fourth-order valence-corrected chi connectivity index (χ4v) is 3.50. The molecular weight excluding hydrogens is 375 g/mol. The number of halogens is 1. The summed E-state index contributed by atoms with van der Waals surface area (Å²) in [7, 11) is 0. The van der Waals surface area contributed by atoms with Crippen LogP contribution in [0.1, 0.15) is 58.4 Å². The molecule has 1 aliphatic rings. The van der Waals surface area contributed by atoms with Crippen molar-refractivity contribution in [3.8, 4) is 5.75 Å². The van der Waals surface area contributed by atoms with Gasteiger partial charge in [-0.15, -0.1) is 0 Å². The minimum atomic E-state index is -0.622. The molecule has 29 heavy (non-hydrogen) atoms. The number of carbonyl (C=O) groups excluding carboxylic acids is 2. The first kappa shape index (κ1) is 22.7. The SMILES string of the molecule is CC(C)(C)OC(=O)NC/C(=C\F)COc1ccc(C2(C(N)=O)CCCCC2)cc1. The summed E-state index contributed by atoms with van der Waals surface area (Å²) in [6.45, 7) is 5.21. The van der Waals surface area contributed by atoms with Crippen LogP contribution < -0.4 is 15.8 Å². The predicted octanol–water partition coefficient (Wildman–Crippen LogP) is 4.13. The Morgan fingerprint density at radius 2 is 1.79 bits per heavy atom. The van der Waals surface area contributed by atoms with Gasteiger partial charge in [0.05, 0.1) is 11.7 Å². The smallest absolute Gasteiger partial charge is 0.407 e. The van der Waals surface area contributed by atoms with E-state index in [1.165, 1.54) is 0 Å². The summed E-state index contributed by atoms with van der Waals surface area (Å²) < 4.78 is 23.8. The van der Waals surface area contributed by atoms with Gasteiger partial charge in [-0.2, -0.15) is 0 Å². The van der Waals surface area contributed by atoms with Crippen LogP contribution in [0, 0.1) is 0 Å². The largest absolute Gasteiger partial charge is 0.489 e. The molecule has 0 aliphatic heterocycles. The van der Waals surface area contributed by atoms with Gasteiger partial charge in [-0.3, -0.25) is 4.79 Å². The van der Waals surface area contributed by atoms with Gasteiger partial charge in [0.25, 0.3) is 0 Å². The highest BCUT2D eigenvalue weighted by atomic mass is 19.1. The number of ether oxygens (including phenoxy) is 2. The number of amides is 2. The van der Waals surface area contributed by atoms with Crippen LogP contribution in [-0.4, -0.2) is 30.8 Å². The number of nitrogens with one attached hydrogen (secondary N) is 1. The molecule has 0 heterocycles. The van der Waals surface area contributed by atoms with Crippen molar-refractivity contribution in [1.29, 1.82) is 0 Å². The van der Waals surface area contributed by atoms with E-state index in [1.54, 1.807) is 32.9 Å². The normalized spacial score (nSPS) is 16.8. The molecule has 1 aromatic carbocycles. The molecule has 1 aliphatic carbocycles. The van der Waals surface area contributed by atoms with E-state index in [0.717, 1.165) is 37.7 Å². The average Bonchev–Trinajstić information content (AvgIpc) is 2.67. The first-order valence-electron chi connectivity index (χ1n) is 9.94. The molecule has 0 aromatic heterocycles. The molecule has 2 amide bonds. The van der Waals surface area contributed by atoms with Crippen LogP contribution in [0.15, 0.2) is 36.2 Å². The molecule has 2 rings (SSSR count). The molecule has 0 saturated heterocycles. The molecule has 0 spiro atoms. The van der Waals surface area contributed by atoms with Crippen LogP contribution >= 0.6 is 0 Å². The Labute approximate surface area is 171 Å². The van der Waals surface area contributed by atoms with Gasteiger partial charge in [-0.1, -0.05) is 31.4 Å². The third-order valence-corrected chi connectivity index (χ3v) is 5.02. The number of hydrogen-bond donors (Lipinski definition) is 2. The van der Waals surface area contributed by atoms with Crippen LogP contribution in [0.25, 0.3) is 0 Å². The van der Waals surface area contributed by atoms with E-state index in [0.29, 0.717) is 12.1 Å². The van der Waals surface area contributed by atoms with Gasteiger partial charge in [0.1, 0.15) is 18.0 Å². The number of primary amides is 1. The molecule has 7 heteroatoms. The van der Waals surface area contributed by atoms with Crippen molar-refractivity contribution in [2.75, 3.05) is 13.2 Å². The molecule has 1 saturated carbocycles. The number of nitrogens with two attached hydrogens (primary N) is 1. The number of carbonyl (C=O) groups is 2. The van der Waals surface area contributed by atoms with E-state index in [1.807, 2.05) is 12.1 Å². The van der Waals surface area contributed by atoms with Gasteiger partial charge >= 0.3 is 6.09 Å². The highest BCUT2D eigenvalue weighted by Crippen LogP contribution is 2.39. The van der Waals surface area contributed by atoms with Crippen molar-refractivity contribution in [2.45, 2.75) is 63.9 Å². The second-order valence-electron chi connectivity index (χ2n) is 8.44. The van der Waals surface area contributed by atoms with Crippen LogP contribution in [0.5, 0.6) is 5.75 Å². The molecule has 6 nitrogen and oxygen atoms in total. The van der Waals surface area contributed by atoms with Crippen LogP contribution in [0.2, 0.25) is 0 Å². The lowest BCUT2D eigenvalue weighted by Crippen LogP contribution is -2.42. The summed E-state index contributed by atoms with van der Waals surface area (Å²) in [5.74, 6) is 0.252. The Kier molecular flexibility index (Phi) is 7.65.